The first-order valence-electron chi connectivity index (χ1n) is 6.47. The largest absolute Gasteiger partial charge is 0.351 e. The number of halogens is 1. The predicted molar refractivity (Wildman–Crippen MR) is 78.3 cm³/mol. The van der Waals surface area contributed by atoms with E-state index in [1.165, 1.54) is 12.8 Å². The molecule has 0 atom stereocenters. The van der Waals surface area contributed by atoms with E-state index < -0.39 is 0 Å². The molecule has 98 valence electrons. The quantitative estimate of drug-likeness (QED) is 0.827. The van der Waals surface area contributed by atoms with E-state index in [4.69, 9.17) is 0 Å². The Kier molecular flexibility index (Phi) is 4.10. The molecule has 1 aliphatic carbocycles. The number of rotatable bonds is 5. The number of benzene rings is 1. The fourth-order valence-corrected chi connectivity index (χ4v) is 3.21. The molecule has 2 rings (SSSR count). The maximum Gasteiger partial charge on any atom is 0.251 e. The fourth-order valence-electron chi connectivity index (χ4n) is 2.37. The number of hydrogen-bond acceptors (Lipinski definition) is 1. The van der Waals surface area contributed by atoms with Gasteiger partial charge in [-0.1, -0.05) is 33.1 Å². The number of carbonyl (C=O) groups excluding carboxylic acids is 1. The average molecular weight is 310 g/mol. The first kappa shape index (κ1) is 13.6. The third-order valence-corrected chi connectivity index (χ3v) is 4.09. The molecule has 3 heteroatoms. The Morgan fingerprint density at radius 1 is 1.28 bits per heavy atom. The molecule has 1 saturated carbocycles. The minimum atomic E-state index is 0.0580. The van der Waals surface area contributed by atoms with Gasteiger partial charge in [0.05, 0.1) is 0 Å². The van der Waals surface area contributed by atoms with Crippen LogP contribution in [0.1, 0.15) is 40.7 Å². The molecule has 0 aliphatic heterocycles. The number of hydrogen-bond donors (Lipinski definition) is 1. The van der Waals surface area contributed by atoms with Gasteiger partial charge in [-0.15, -0.1) is 0 Å². The Hall–Kier alpha value is -0.830. The molecule has 1 aliphatic rings. The van der Waals surface area contributed by atoms with Crippen LogP contribution in [0.5, 0.6) is 0 Å². The molecule has 1 aromatic carbocycles. The average Bonchev–Trinajstić information content (AvgIpc) is 3.06. The van der Waals surface area contributed by atoms with E-state index in [-0.39, 0.29) is 5.91 Å². The third-order valence-electron chi connectivity index (χ3n) is 3.69. The monoisotopic (exact) mass is 309 g/mol. The van der Waals surface area contributed by atoms with Gasteiger partial charge in [-0.2, -0.15) is 0 Å². The molecule has 0 spiro atoms. The number of amides is 1. The number of alkyl halides is 1. The first-order chi connectivity index (χ1) is 8.54. The van der Waals surface area contributed by atoms with Crippen LogP contribution in [0, 0.1) is 19.3 Å². The smallest absolute Gasteiger partial charge is 0.251 e. The van der Waals surface area contributed by atoms with E-state index in [0.29, 0.717) is 5.41 Å². The summed E-state index contributed by atoms with van der Waals surface area (Å²) in [6.45, 7) is 4.86. The second-order valence-corrected chi connectivity index (χ2v) is 6.29. The van der Waals surface area contributed by atoms with Gasteiger partial charge < -0.3 is 5.32 Å². The van der Waals surface area contributed by atoms with Crippen molar-refractivity contribution in [2.75, 3.05) is 11.9 Å². The van der Waals surface area contributed by atoms with Gasteiger partial charge in [-0.3, -0.25) is 4.79 Å². The van der Waals surface area contributed by atoms with E-state index in [0.717, 1.165) is 35.0 Å². The Labute approximate surface area is 117 Å². The van der Waals surface area contributed by atoms with Crippen molar-refractivity contribution in [1.82, 2.24) is 5.32 Å². The van der Waals surface area contributed by atoms with Crippen molar-refractivity contribution >= 4 is 21.8 Å². The van der Waals surface area contributed by atoms with E-state index in [1.807, 2.05) is 26.0 Å². The van der Waals surface area contributed by atoms with E-state index in [2.05, 4.69) is 27.3 Å². The lowest BCUT2D eigenvalue weighted by Gasteiger charge is -2.14. The van der Waals surface area contributed by atoms with Crippen molar-refractivity contribution < 1.29 is 4.79 Å². The highest BCUT2D eigenvalue weighted by Gasteiger charge is 2.41. The first-order valence-corrected chi connectivity index (χ1v) is 7.59. The summed E-state index contributed by atoms with van der Waals surface area (Å²) in [5.41, 5.74) is 3.43. The van der Waals surface area contributed by atoms with Crippen molar-refractivity contribution in [3.63, 3.8) is 0 Å². The van der Waals surface area contributed by atoms with Gasteiger partial charge in [0.2, 0.25) is 0 Å². The normalized spacial score (nSPS) is 16.4. The lowest BCUT2D eigenvalue weighted by molar-refractivity contribution is 0.0944. The van der Waals surface area contributed by atoms with Crippen LogP contribution in [-0.2, 0) is 0 Å². The molecule has 2 nitrogen and oxygen atoms in total. The van der Waals surface area contributed by atoms with Crippen LogP contribution in [0.4, 0.5) is 0 Å². The van der Waals surface area contributed by atoms with Gasteiger partial charge >= 0.3 is 0 Å². The van der Waals surface area contributed by atoms with Crippen molar-refractivity contribution in [2.24, 2.45) is 5.41 Å². The van der Waals surface area contributed by atoms with Crippen LogP contribution in [0.15, 0.2) is 18.2 Å². The molecule has 1 aromatic rings. The zero-order valence-electron chi connectivity index (χ0n) is 11.1. The minimum Gasteiger partial charge on any atom is -0.351 e. The molecule has 0 radical (unpaired) electrons. The number of aryl methyl sites for hydroxylation is 2. The molecule has 0 bridgehead atoms. The Balaban J connectivity index is 1.95. The van der Waals surface area contributed by atoms with Gasteiger partial charge in [0, 0.05) is 17.4 Å². The number of carbonyl (C=O) groups is 1. The molecular formula is C15H20BrNO. The molecular weight excluding hydrogens is 290 g/mol. The lowest BCUT2D eigenvalue weighted by Crippen LogP contribution is -2.30. The second kappa shape index (κ2) is 5.43. The van der Waals surface area contributed by atoms with Crippen molar-refractivity contribution in [1.29, 1.82) is 0 Å². The summed E-state index contributed by atoms with van der Waals surface area (Å²) in [4.78, 5) is 12.1. The lowest BCUT2D eigenvalue weighted by atomic mass is 10.0. The topological polar surface area (TPSA) is 29.1 Å². The van der Waals surface area contributed by atoms with Crippen LogP contribution < -0.4 is 5.32 Å². The zero-order chi connectivity index (χ0) is 13.2. The molecule has 0 heterocycles. The third kappa shape index (κ3) is 3.35. The molecule has 1 amide bonds. The number of nitrogens with one attached hydrogen (secondary N) is 1. The Morgan fingerprint density at radius 2 is 1.89 bits per heavy atom. The van der Waals surface area contributed by atoms with Crippen molar-refractivity contribution in [3.8, 4) is 0 Å². The summed E-state index contributed by atoms with van der Waals surface area (Å²) in [6.07, 6.45) is 3.64. The molecule has 1 fully saturated rings. The van der Waals surface area contributed by atoms with Crippen molar-refractivity contribution in [3.05, 3.63) is 34.9 Å². The summed E-state index contributed by atoms with van der Waals surface area (Å²) in [6, 6.07) is 5.99. The summed E-state index contributed by atoms with van der Waals surface area (Å²) in [5.74, 6) is 0.0580. The van der Waals surface area contributed by atoms with E-state index >= 15 is 0 Å². The summed E-state index contributed by atoms with van der Waals surface area (Å²) in [7, 11) is 0. The SMILES string of the molecule is Cc1cc(C)cc(C(=O)NCC2(CCBr)CC2)c1. The standard InChI is InChI=1S/C15H20BrNO/c1-11-7-12(2)9-13(8-11)14(18)17-10-15(3-4-15)5-6-16/h7-9H,3-6,10H2,1-2H3,(H,17,18). The summed E-state index contributed by atoms with van der Waals surface area (Å²) >= 11 is 3.48. The Morgan fingerprint density at radius 3 is 2.39 bits per heavy atom. The molecule has 0 unspecified atom stereocenters. The molecule has 18 heavy (non-hydrogen) atoms. The zero-order valence-corrected chi connectivity index (χ0v) is 12.6. The summed E-state index contributed by atoms with van der Waals surface area (Å²) < 4.78 is 0. The highest BCUT2D eigenvalue weighted by atomic mass is 79.9. The molecule has 0 saturated heterocycles. The fraction of sp³-hybridized carbons (Fsp3) is 0.533. The highest BCUT2D eigenvalue weighted by Crippen LogP contribution is 2.48. The van der Waals surface area contributed by atoms with Gasteiger partial charge in [-0.05, 0) is 50.7 Å². The molecule has 0 aromatic heterocycles. The van der Waals surface area contributed by atoms with E-state index in [1.54, 1.807) is 0 Å². The van der Waals surface area contributed by atoms with Crippen LogP contribution in [-0.4, -0.2) is 17.8 Å². The predicted octanol–water partition coefficient (Wildman–Crippen LogP) is 3.60. The van der Waals surface area contributed by atoms with E-state index in [9.17, 15) is 4.79 Å². The maximum atomic E-state index is 12.1. The molecule has 1 N–H and O–H groups in total. The summed E-state index contributed by atoms with van der Waals surface area (Å²) in [5, 5.41) is 4.10. The van der Waals surface area contributed by atoms with Gasteiger partial charge in [-0.25, -0.2) is 0 Å². The minimum absolute atomic E-state index is 0.0580. The maximum absolute atomic E-state index is 12.1. The van der Waals surface area contributed by atoms with Crippen LogP contribution in [0.25, 0.3) is 0 Å². The van der Waals surface area contributed by atoms with Gasteiger partial charge in [0.25, 0.3) is 5.91 Å². The van der Waals surface area contributed by atoms with Crippen LogP contribution >= 0.6 is 15.9 Å². The second-order valence-electron chi connectivity index (χ2n) is 5.50. The van der Waals surface area contributed by atoms with Gasteiger partial charge in [0.15, 0.2) is 0 Å². The Bertz CT molecular complexity index is 432. The van der Waals surface area contributed by atoms with Crippen molar-refractivity contribution in [2.45, 2.75) is 33.1 Å². The van der Waals surface area contributed by atoms with Crippen LogP contribution in [0.3, 0.4) is 0 Å². The van der Waals surface area contributed by atoms with Crippen LogP contribution in [0.2, 0.25) is 0 Å². The highest BCUT2D eigenvalue weighted by molar-refractivity contribution is 9.09. The van der Waals surface area contributed by atoms with Gasteiger partial charge in [0.1, 0.15) is 0 Å².